The van der Waals surface area contributed by atoms with E-state index in [4.69, 9.17) is 9.47 Å². The number of esters is 1. The molecule has 0 aromatic carbocycles. The van der Waals surface area contributed by atoms with Crippen LogP contribution in [0.4, 0.5) is 0 Å². The molecule has 1 aliphatic heterocycles. The molecule has 0 bridgehead atoms. The zero-order valence-corrected chi connectivity index (χ0v) is 11.1. The first-order valence-corrected chi connectivity index (χ1v) is 5.95. The number of hydrogen-bond acceptors (Lipinski definition) is 5. The number of hydrogen-bond donors (Lipinski definition) is 2. The molecule has 1 heterocycles. The van der Waals surface area contributed by atoms with Crippen LogP contribution in [0, 0.1) is 5.41 Å². The van der Waals surface area contributed by atoms with Gasteiger partial charge in [-0.2, -0.15) is 0 Å². The predicted octanol–water partition coefficient (Wildman–Crippen LogP) is 0.315. The third-order valence-corrected chi connectivity index (χ3v) is 3.40. The molecule has 1 fully saturated rings. The van der Waals surface area contributed by atoms with E-state index < -0.39 is 11.0 Å². The van der Waals surface area contributed by atoms with Crippen LogP contribution in [0.2, 0.25) is 0 Å². The van der Waals surface area contributed by atoms with Crippen molar-refractivity contribution in [2.45, 2.75) is 38.9 Å². The lowest BCUT2D eigenvalue weighted by atomic mass is 9.92. The van der Waals surface area contributed by atoms with Crippen LogP contribution in [0.25, 0.3) is 0 Å². The normalized spacial score (nSPS) is 29.4. The van der Waals surface area contributed by atoms with E-state index in [0.717, 1.165) is 0 Å². The van der Waals surface area contributed by atoms with Crippen LogP contribution in [-0.2, 0) is 14.3 Å². The fraction of sp³-hybridized carbons (Fsp3) is 0.917. The quantitative estimate of drug-likeness (QED) is 0.683. The minimum atomic E-state index is -0.827. The molecule has 0 aromatic rings. The van der Waals surface area contributed by atoms with Crippen molar-refractivity contribution < 1.29 is 19.4 Å². The van der Waals surface area contributed by atoms with Crippen molar-refractivity contribution in [3.63, 3.8) is 0 Å². The number of nitrogens with one attached hydrogen (secondary N) is 1. The second kappa shape index (κ2) is 5.33. The Hall–Kier alpha value is -0.650. The topological polar surface area (TPSA) is 67.8 Å². The number of aliphatic hydroxyl groups is 1. The fourth-order valence-electron chi connectivity index (χ4n) is 1.94. The molecule has 1 saturated heterocycles. The van der Waals surface area contributed by atoms with E-state index in [0.29, 0.717) is 26.1 Å². The zero-order valence-electron chi connectivity index (χ0n) is 11.1. The molecule has 5 nitrogen and oxygen atoms in total. The average molecular weight is 245 g/mol. The molecule has 0 saturated carbocycles. The zero-order chi connectivity index (χ0) is 13.1. The summed E-state index contributed by atoms with van der Waals surface area (Å²) in [4.78, 5) is 11.5. The third-order valence-electron chi connectivity index (χ3n) is 3.40. The average Bonchev–Trinajstić information content (AvgIpc) is 2.58. The van der Waals surface area contributed by atoms with E-state index >= 15 is 0 Å². The van der Waals surface area contributed by atoms with Gasteiger partial charge in [0, 0.05) is 26.1 Å². The maximum atomic E-state index is 11.5. The van der Waals surface area contributed by atoms with Crippen molar-refractivity contribution in [3.8, 4) is 0 Å². The summed E-state index contributed by atoms with van der Waals surface area (Å²) in [6.45, 7) is 6.96. The van der Waals surface area contributed by atoms with Gasteiger partial charge in [0.15, 0.2) is 0 Å². The molecule has 0 radical (unpaired) electrons. The maximum Gasteiger partial charge on any atom is 0.312 e. The van der Waals surface area contributed by atoms with Gasteiger partial charge in [-0.15, -0.1) is 0 Å². The Bertz CT molecular complexity index is 280. The summed E-state index contributed by atoms with van der Waals surface area (Å²) in [6, 6.07) is 0. The van der Waals surface area contributed by atoms with Crippen molar-refractivity contribution >= 4 is 5.97 Å². The number of methoxy groups -OCH3 is 1. The molecule has 0 aromatic heterocycles. The van der Waals surface area contributed by atoms with Crippen molar-refractivity contribution in [1.29, 1.82) is 0 Å². The van der Waals surface area contributed by atoms with Crippen LogP contribution in [0.15, 0.2) is 0 Å². The highest BCUT2D eigenvalue weighted by atomic mass is 16.5. The Kier molecular flexibility index (Phi) is 4.52. The van der Waals surface area contributed by atoms with Gasteiger partial charge in [0.2, 0.25) is 0 Å². The Labute approximate surface area is 102 Å². The maximum absolute atomic E-state index is 11.5. The van der Waals surface area contributed by atoms with Crippen LogP contribution in [-0.4, -0.2) is 49.6 Å². The summed E-state index contributed by atoms with van der Waals surface area (Å²) in [5.41, 5.74) is -1.42. The molecule has 100 valence electrons. The molecule has 0 spiro atoms. The first-order chi connectivity index (χ1) is 7.82. The molecule has 0 amide bonds. The Morgan fingerprint density at radius 2 is 2.29 bits per heavy atom. The third kappa shape index (κ3) is 3.40. The van der Waals surface area contributed by atoms with Gasteiger partial charge < -0.3 is 19.9 Å². The molecular weight excluding hydrogens is 222 g/mol. The number of ether oxygens (including phenoxy) is 2. The van der Waals surface area contributed by atoms with Crippen molar-refractivity contribution in [2.24, 2.45) is 5.41 Å². The minimum Gasteiger partial charge on any atom is -0.469 e. The summed E-state index contributed by atoms with van der Waals surface area (Å²) in [5, 5.41) is 13.4. The Morgan fingerprint density at radius 1 is 1.65 bits per heavy atom. The number of carbonyl (C=O) groups is 1. The lowest BCUT2D eigenvalue weighted by molar-refractivity contribution is -0.150. The highest BCUT2D eigenvalue weighted by molar-refractivity contribution is 5.76. The summed E-state index contributed by atoms with van der Waals surface area (Å²) in [6.07, 6.45) is 0.455. The SMILES string of the molecule is COC(=O)C(C)(C)CNCC1(O)CCOC1C. The first-order valence-electron chi connectivity index (χ1n) is 5.95. The van der Waals surface area contributed by atoms with Gasteiger partial charge in [-0.3, -0.25) is 4.79 Å². The Balaban J connectivity index is 2.39. The van der Waals surface area contributed by atoms with Gasteiger partial charge in [-0.1, -0.05) is 0 Å². The standard InChI is InChI=1S/C12H23NO4/c1-9-12(15,5-6-17-9)8-13-7-11(2,3)10(14)16-4/h9,13,15H,5-8H2,1-4H3. The van der Waals surface area contributed by atoms with E-state index in [1.165, 1.54) is 7.11 Å². The number of rotatable bonds is 5. The van der Waals surface area contributed by atoms with Gasteiger partial charge in [0.1, 0.15) is 5.60 Å². The van der Waals surface area contributed by atoms with E-state index in [9.17, 15) is 9.90 Å². The molecule has 2 atom stereocenters. The fourth-order valence-corrected chi connectivity index (χ4v) is 1.94. The van der Waals surface area contributed by atoms with Gasteiger partial charge >= 0.3 is 5.97 Å². The van der Waals surface area contributed by atoms with Crippen LogP contribution in [0.1, 0.15) is 27.2 Å². The molecule has 1 rings (SSSR count). The van der Waals surface area contributed by atoms with E-state index in [-0.39, 0.29) is 12.1 Å². The van der Waals surface area contributed by atoms with E-state index in [2.05, 4.69) is 5.32 Å². The summed E-state index contributed by atoms with van der Waals surface area (Å²) in [5.74, 6) is -0.257. The van der Waals surface area contributed by atoms with Gasteiger partial charge in [-0.25, -0.2) is 0 Å². The van der Waals surface area contributed by atoms with E-state index in [1.807, 2.05) is 20.8 Å². The largest absolute Gasteiger partial charge is 0.469 e. The summed E-state index contributed by atoms with van der Waals surface area (Å²) in [7, 11) is 1.38. The number of carbonyl (C=O) groups excluding carboxylic acids is 1. The predicted molar refractivity (Wildman–Crippen MR) is 63.6 cm³/mol. The summed E-state index contributed by atoms with van der Waals surface area (Å²) < 4.78 is 10.1. The minimum absolute atomic E-state index is 0.170. The van der Waals surface area contributed by atoms with Crippen LogP contribution in [0.3, 0.4) is 0 Å². The smallest absolute Gasteiger partial charge is 0.312 e. The second-order valence-electron chi connectivity index (χ2n) is 5.35. The first kappa shape index (κ1) is 14.4. The van der Waals surface area contributed by atoms with Crippen LogP contribution in [0.5, 0.6) is 0 Å². The molecular formula is C12H23NO4. The van der Waals surface area contributed by atoms with Crippen LogP contribution >= 0.6 is 0 Å². The Morgan fingerprint density at radius 3 is 2.76 bits per heavy atom. The summed E-state index contributed by atoms with van der Waals surface area (Å²) >= 11 is 0. The lowest BCUT2D eigenvalue weighted by Crippen LogP contribution is -2.48. The van der Waals surface area contributed by atoms with Crippen LogP contribution < -0.4 is 5.32 Å². The van der Waals surface area contributed by atoms with Crippen molar-refractivity contribution in [3.05, 3.63) is 0 Å². The van der Waals surface area contributed by atoms with Gasteiger partial charge in [-0.05, 0) is 20.8 Å². The molecule has 17 heavy (non-hydrogen) atoms. The van der Waals surface area contributed by atoms with Gasteiger partial charge in [0.25, 0.3) is 0 Å². The van der Waals surface area contributed by atoms with Gasteiger partial charge in [0.05, 0.1) is 18.6 Å². The molecule has 2 unspecified atom stereocenters. The second-order valence-corrected chi connectivity index (χ2v) is 5.35. The van der Waals surface area contributed by atoms with E-state index in [1.54, 1.807) is 0 Å². The monoisotopic (exact) mass is 245 g/mol. The molecule has 5 heteroatoms. The lowest BCUT2D eigenvalue weighted by Gasteiger charge is -2.29. The van der Waals surface area contributed by atoms with Crippen molar-refractivity contribution in [1.82, 2.24) is 5.32 Å². The molecule has 1 aliphatic rings. The highest BCUT2D eigenvalue weighted by Crippen LogP contribution is 2.25. The molecule has 2 N–H and O–H groups in total. The highest BCUT2D eigenvalue weighted by Gasteiger charge is 2.39. The molecule has 0 aliphatic carbocycles. The van der Waals surface area contributed by atoms with Crippen molar-refractivity contribution in [2.75, 3.05) is 26.8 Å².